The van der Waals surface area contributed by atoms with Gasteiger partial charge in [0.15, 0.2) is 0 Å². The van der Waals surface area contributed by atoms with E-state index in [1.807, 2.05) is 19.2 Å². The Morgan fingerprint density at radius 3 is 2.69 bits per heavy atom. The third-order valence-electron chi connectivity index (χ3n) is 5.09. The molecule has 0 amide bonds. The number of benzene rings is 1. The van der Waals surface area contributed by atoms with Crippen LogP contribution in [0, 0.1) is 0 Å². The predicted octanol–water partition coefficient (Wildman–Crippen LogP) is 3.79. The maximum Gasteiger partial charge on any atom is 0.237 e. The van der Waals surface area contributed by atoms with Crippen molar-refractivity contribution in [3.8, 4) is 17.1 Å². The number of rotatable bonds is 5. The summed E-state index contributed by atoms with van der Waals surface area (Å²) < 4.78 is 10.8. The number of hydrogen-bond acceptors (Lipinski definition) is 7. The van der Waals surface area contributed by atoms with Crippen LogP contribution in [0.1, 0.15) is 12.5 Å². The van der Waals surface area contributed by atoms with Crippen molar-refractivity contribution in [3.05, 3.63) is 35.0 Å². The Labute approximate surface area is 175 Å². The van der Waals surface area contributed by atoms with Gasteiger partial charge < -0.3 is 19.7 Å². The number of ether oxygens (including phenoxy) is 2. The zero-order valence-corrected chi connectivity index (χ0v) is 17.6. The number of aryl methyl sites for hydroxylation is 1. The summed E-state index contributed by atoms with van der Waals surface area (Å²) in [6.07, 6.45) is 2.65. The van der Waals surface area contributed by atoms with Gasteiger partial charge in [-0.15, -0.1) is 0 Å². The maximum absolute atomic E-state index is 6.64. The average Bonchev–Trinajstić information content (AvgIpc) is 2.78. The molecule has 29 heavy (non-hydrogen) atoms. The van der Waals surface area contributed by atoms with E-state index in [9.17, 15) is 0 Å². The van der Waals surface area contributed by atoms with Gasteiger partial charge in [0.1, 0.15) is 0 Å². The second kappa shape index (κ2) is 8.39. The van der Waals surface area contributed by atoms with E-state index in [0.29, 0.717) is 30.1 Å². The molecule has 0 radical (unpaired) electrons. The third-order valence-corrected chi connectivity index (χ3v) is 5.38. The molecule has 1 saturated heterocycles. The minimum atomic E-state index is 0.537. The van der Waals surface area contributed by atoms with Gasteiger partial charge in [-0.1, -0.05) is 18.5 Å². The van der Waals surface area contributed by atoms with Crippen LogP contribution in [0.15, 0.2) is 24.4 Å². The first-order valence-electron chi connectivity index (χ1n) is 9.69. The van der Waals surface area contributed by atoms with Gasteiger partial charge in [0.2, 0.25) is 11.8 Å². The number of fused-ring (bicyclic) bond motifs is 1. The Bertz CT molecular complexity index is 1040. The van der Waals surface area contributed by atoms with Gasteiger partial charge in [0.25, 0.3) is 0 Å². The summed E-state index contributed by atoms with van der Waals surface area (Å²) in [5, 5.41) is 4.68. The number of morpholine rings is 1. The first-order valence-corrected chi connectivity index (χ1v) is 10.1. The molecule has 3 aromatic rings. The minimum absolute atomic E-state index is 0.537. The van der Waals surface area contributed by atoms with Gasteiger partial charge in [0, 0.05) is 37.3 Å². The summed E-state index contributed by atoms with van der Waals surface area (Å²) in [5.41, 5.74) is 4.36. The lowest BCUT2D eigenvalue weighted by atomic mass is 10.0. The average molecular weight is 414 g/mol. The highest BCUT2D eigenvalue weighted by Crippen LogP contribution is 2.35. The number of nitrogens with zero attached hydrogens (tertiary/aromatic N) is 4. The van der Waals surface area contributed by atoms with Crippen LogP contribution in [0.3, 0.4) is 0 Å². The Morgan fingerprint density at radius 2 is 2.00 bits per heavy atom. The van der Waals surface area contributed by atoms with E-state index < -0.39 is 0 Å². The first-order chi connectivity index (χ1) is 14.1. The Kier molecular flexibility index (Phi) is 5.69. The number of halogens is 1. The molecule has 0 unspecified atom stereocenters. The van der Waals surface area contributed by atoms with Gasteiger partial charge in [0.05, 0.1) is 42.2 Å². The molecule has 0 saturated carbocycles. The summed E-state index contributed by atoms with van der Waals surface area (Å²) in [5.74, 6) is 1.19. The number of hydrogen-bond donors (Lipinski definition) is 1. The van der Waals surface area contributed by atoms with Gasteiger partial charge in [-0.3, -0.25) is 0 Å². The van der Waals surface area contributed by atoms with Gasteiger partial charge in [-0.05, 0) is 30.2 Å². The SMILES string of the molecule is CCc1cc(Cl)c2nc(N3CCOCC3)nc(-c3cnc(OC)c(NC)c3)c2c1. The standard InChI is InChI=1S/C21H24ClN5O2/c1-4-13-9-15-18(14-11-17(23-2)20(28-3)24-12-14)25-21(26-19(15)16(22)10-13)27-5-7-29-8-6-27/h9-12,23H,4-8H2,1-3H3. The molecule has 0 spiro atoms. The lowest BCUT2D eigenvalue weighted by Gasteiger charge is -2.27. The molecular weight excluding hydrogens is 390 g/mol. The smallest absolute Gasteiger partial charge is 0.237 e. The zero-order chi connectivity index (χ0) is 20.4. The molecular formula is C21H24ClN5O2. The molecule has 7 nitrogen and oxygen atoms in total. The molecule has 1 fully saturated rings. The van der Waals surface area contributed by atoms with Crippen molar-refractivity contribution < 1.29 is 9.47 Å². The Hall–Kier alpha value is -2.64. The maximum atomic E-state index is 6.64. The molecule has 3 heterocycles. The molecule has 4 rings (SSSR count). The summed E-state index contributed by atoms with van der Waals surface area (Å²) in [4.78, 5) is 16.3. The van der Waals surface area contributed by atoms with Crippen molar-refractivity contribution in [1.82, 2.24) is 15.0 Å². The lowest BCUT2D eigenvalue weighted by Crippen LogP contribution is -2.37. The third kappa shape index (κ3) is 3.80. The summed E-state index contributed by atoms with van der Waals surface area (Å²) in [6.45, 7) is 4.92. The fourth-order valence-corrected chi connectivity index (χ4v) is 3.77. The van der Waals surface area contributed by atoms with Crippen LogP contribution in [0.25, 0.3) is 22.2 Å². The Morgan fingerprint density at radius 1 is 1.21 bits per heavy atom. The van der Waals surface area contributed by atoms with Crippen molar-refractivity contribution in [2.24, 2.45) is 0 Å². The normalized spacial score (nSPS) is 14.3. The quantitative estimate of drug-likeness (QED) is 0.682. The minimum Gasteiger partial charge on any atom is -0.480 e. The highest BCUT2D eigenvalue weighted by atomic mass is 35.5. The summed E-state index contributed by atoms with van der Waals surface area (Å²) >= 11 is 6.64. The monoisotopic (exact) mass is 413 g/mol. The number of nitrogens with one attached hydrogen (secondary N) is 1. The van der Waals surface area contributed by atoms with Crippen molar-refractivity contribution in [1.29, 1.82) is 0 Å². The van der Waals surface area contributed by atoms with E-state index in [4.69, 9.17) is 31.0 Å². The predicted molar refractivity (Wildman–Crippen MR) is 116 cm³/mol. The molecule has 1 aromatic carbocycles. The molecule has 0 bridgehead atoms. The Balaban J connectivity index is 1.95. The highest BCUT2D eigenvalue weighted by molar-refractivity contribution is 6.35. The summed E-state index contributed by atoms with van der Waals surface area (Å²) in [7, 11) is 3.44. The van der Waals surface area contributed by atoms with Gasteiger partial charge >= 0.3 is 0 Å². The van der Waals surface area contributed by atoms with Crippen LogP contribution in [0.2, 0.25) is 5.02 Å². The molecule has 8 heteroatoms. The zero-order valence-electron chi connectivity index (χ0n) is 16.8. The van der Waals surface area contributed by atoms with Crippen LogP contribution in [0.5, 0.6) is 5.88 Å². The van der Waals surface area contributed by atoms with Gasteiger partial charge in [-0.2, -0.15) is 0 Å². The van der Waals surface area contributed by atoms with E-state index >= 15 is 0 Å². The molecule has 1 N–H and O–H groups in total. The van der Waals surface area contributed by atoms with Crippen molar-refractivity contribution in [3.63, 3.8) is 0 Å². The van der Waals surface area contributed by atoms with Crippen molar-refractivity contribution in [2.45, 2.75) is 13.3 Å². The van der Waals surface area contributed by atoms with Crippen LogP contribution in [-0.4, -0.2) is 55.4 Å². The number of methoxy groups -OCH3 is 1. The van der Waals surface area contributed by atoms with Crippen LogP contribution in [-0.2, 0) is 11.2 Å². The fourth-order valence-electron chi connectivity index (χ4n) is 3.49. The number of pyridine rings is 1. The second-order valence-corrected chi connectivity index (χ2v) is 7.24. The molecule has 0 aliphatic carbocycles. The molecule has 1 aliphatic rings. The summed E-state index contributed by atoms with van der Waals surface area (Å²) in [6, 6.07) is 6.08. The van der Waals surface area contributed by atoms with E-state index in [1.54, 1.807) is 13.3 Å². The molecule has 2 aromatic heterocycles. The van der Waals surface area contributed by atoms with E-state index in [0.717, 1.165) is 52.9 Å². The molecule has 1 aliphatic heterocycles. The van der Waals surface area contributed by atoms with Crippen molar-refractivity contribution in [2.75, 3.05) is 50.7 Å². The van der Waals surface area contributed by atoms with Crippen LogP contribution < -0.4 is 15.0 Å². The largest absolute Gasteiger partial charge is 0.480 e. The topological polar surface area (TPSA) is 72.4 Å². The molecule has 0 atom stereocenters. The molecule has 152 valence electrons. The van der Waals surface area contributed by atoms with Crippen molar-refractivity contribution >= 4 is 34.1 Å². The number of aromatic nitrogens is 3. The van der Waals surface area contributed by atoms with Crippen LogP contribution >= 0.6 is 11.6 Å². The lowest BCUT2D eigenvalue weighted by molar-refractivity contribution is 0.122. The van der Waals surface area contributed by atoms with E-state index in [1.165, 1.54) is 0 Å². The van der Waals surface area contributed by atoms with Gasteiger partial charge in [-0.25, -0.2) is 15.0 Å². The van der Waals surface area contributed by atoms with E-state index in [2.05, 4.69) is 28.2 Å². The number of anilines is 2. The fraction of sp³-hybridized carbons (Fsp3) is 0.381. The van der Waals surface area contributed by atoms with E-state index in [-0.39, 0.29) is 0 Å². The first kappa shape index (κ1) is 19.7. The highest BCUT2D eigenvalue weighted by Gasteiger charge is 2.20. The van der Waals surface area contributed by atoms with Crippen LogP contribution in [0.4, 0.5) is 11.6 Å². The second-order valence-electron chi connectivity index (χ2n) is 6.83.